The second kappa shape index (κ2) is 5.95. The van der Waals surface area contributed by atoms with Gasteiger partial charge in [0.2, 0.25) is 0 Å². The van der Waals surface area contributed by atoms with E-state index in [1.165, 1.54) is 11.3 Å². The number of allylic oxidation sites excluding steroid dienone is 3. The first-order valence-corrected chi connectivity index (χ1v) is 8.47. The number of anilines is 1. The van der Waals surface area contributed by atoms with Crippen LogP contribution in [-0.2, 0) is 15.0 Å². The van der Waals surface area contributed by atoms with E-state index >= 15 is 0 Å². The number of aromatic nitrogens is 1. The Kier molecular flexibility index (Phi) is 3.72. The summed E-state index contributed by atoms with van der Waals surface area (Å²) in [5.74, 6) is -0.460. The number of benzene rings is 1. The molecule has 5 nitrogen and oxygen atoms in total. The molecule has 4 rings (SSSR count). The largest absolute Gasteiger partial charge is 0.368 e. The average Bonchev–Trinajstić information content (AvgIpc) is 3.11. The van der Waals surface area contributed by atoms with E-state index < -0.39 is 5.97 Å². The minimum Gasteiger partial charge on any atom is -0.347 e. The van der Waals surface area contributed by atoms with Gasteiger partial charge in [0.05, 0.1) is 11.3 Å². The molecular formula is C21H19N3O2. The Bertz CT molecular complexity index is 972. The van der Waals surface area contributed by atoms with Gasteiger partial charge in [0.15, 0.2) is 0 Å². The molecule has 0 aliphatic carbocycles. The Labute approximate surface area is 152 Å². The van der Waals surface area contributed by atoms with Crippen LogP contribution in [0.2, 0.25) is 0 Å². The number of hydrogen-bond acceptors (Lipinski definition) is 5. The third-order valence-electron chi connectivity index (χ3n) is 4.95. The van der Waals surface area contributed by atoms with Crippen molar-refractivity contribution in [3.05, 3.63) is 83.3 Å². The number of carbonyl (C=O) groups excluding carboxylic acids is 1. The predicted molar refractivity (Wildman–Crippen MR) is 101 cm³/mol. The summed E-state index contributed by atoms with van der Waals surface area (Å²) in [4.78, 5) is 23.5. The average molecular weight is 345 g/mol. The van der Waals surface area contributed by atoms with E-state index in [0.29, 0.717) is 17.0 Å². The van der Waals surface area contributed by atoms with Gasteiger partial charge in [-0.05, 0) is 35.9 Å². The number of fused-ring (bicyclic) bond motifs is 1. The second-order valence-corrected chi connectivity index (χ2v) is 6.87. The third kappa shape index (κ3) is 2.44. The van der Waals surface area contributed by atoms with Gasteiger partial charge < -0.3 is 9.74 Å². The Balaban J connectivity index is 1.75. The van der Waals surface area contributed by atoms with Crippen LogP contribution in [0, 0.1) is 0 Å². The minimum atomic E-state index is -0.460. The fraction of sp³-hybridized carbons (Fsp3) is 0.190. The van der Waals surface area contributed by atoms with Crippen molar-refractivity contribution < 1.29 is 9.63 Å². The Morgan fingerprint density at radius 1 is 1.08 bits per heavy atom. The molecule has 3 heterocycles. The monoisotopic (exact) mass is 345 g/mol. The molecule has 0 fully saturated rings. The molecule has 0 atom stereocenters. The van der Waals surface area contributed by atoms with Crippen molar-refractivity contribution >= 4 is 17.4 Å². The van der Waals surface area contributed by atoms with Crippen LogP contribution >= 0.6 is 0 Å². The fourth-order valence-electron chi connectivity index (χ4n) is 3.58. The van der Waals surface area contributed by atoms with Crippen LogP contribution in [0.25, 0.3) is 0 Å². The normalized spacial score (nSPS) is 21.1. The van der Waals surface area contributed by atoms with Crippen molar-refractivity contribution in [3.8, 4) is 0 Å². The molecule has 0 saturated carbocycles. The number of para-hydroxylation sites is 1. The van der Waals surface area contributed by atoms with Gasteiger partial charge in [-0.1, -0.05) is 43.3 Å². The quantitative estimate of drug-likeness (QED) is 0.617. The minimum absolute atomic E-state index is 0.160. The van der Waals surface area contributed by atoms with Crippen LogP contribution in [0.1, 0.15) is 25.1 Å². The molecule has 0 saturated heterocycles. The van der Waals surface area contributed by atoms with Crippen LogP contribution in [0.4, 0.5) is 5.69 Å². The molecule has 1 aromatic heterocycles. The summed E-state index contributed by atoms with van der Waals surface area (Å²) < 4.78 is 0. The SMILES string of the molecule is CN1/C(=C\C=C2\C(=O)ON=C2c2ccccn2)C(C)(C)c2ccccc21. The van der Waals surface area contributed by atoms with Crippen LogP contribution in [-0.4, -0.2) is 23.7 Å². The van der Waals surface area contributed by atoms with E-state index in [0.717, 1.165) is 5.70 Å². The van der Waals surface area contributed by atoms with E-state index in [1.807, 2.05) is 37.4 Å². The number of rotatable bonds is 2. The fourth-order valence-corrected chi connectivity index (χ4v) is 3.58. The van der Waals surface area contributed by atoms with Crippen molar-refractivity contribution in [2.24, 2.45) is 5.16 Å². The molecule has 2 aromatic rings. The lowest BCUT2D eigenvalue weighted by molar-refractivity contribution is -0.136. The second-order valence-electron chi connectivity index (χ2n) is 6.87. The molecule has 0 unspecified atom stereocenters. The topological polar surface area (TPSA) is 54.8 Å². The highest BCUT2D eigenvalue weighted by molar-refractivity contribution is 6.28. The Morgan fingerprint density at radius 3 is 2.58 bits per heavy atom. The van der Waals surface area contributed by atoms with Crippen LogP contribution < -0.4 is 4.90 Å². The molecular weight excluding hydrogens is 326 g/mol. The molecule has 0 bridgehead atoms. The summed E-state index contributed by atoms with van der Waals surface area (Å²) in [5, 5.41) is 3.90. The number of carbonyl (C=O) groups is 1. The van der Waals surface area contributed by atoms with Gasteiger partial charge >= 0.3 is 5.97 Å². The van der Waals surface area contributed by atoms with Crippen LogP contribution in [0.15, 0.2) is 77.2 Å². The lowest BCUT2D eigenvalue weighted by atomic mass is 9.83. The smallest absolute Gasteiger partial charge is 0.347 e. The highest BCUT2D eigenvalue weighted by Gasteiger charge is 2.38. The molecule has 26 heavy (non-hydrogen) atoms. The zero-order valence-electron chi connectivity index (χ0n) is 14.9. The third-order valence-corrected chi connectivity index (χ3v) is 4.95. The maximum Gasteiger partial charge on any atom is 0.368 e. The van der Waals surface area contributed by atoms with E-state index in [4.69, 9.17) is 4.84 Å². The maximum absolute atomic E-state index is 12.1. The van der Waals surface area contributed by atoms with Gasteiger partial charge in [-0.25, -0.2) is 4.79 Å². The zero-order valence-corrected chi connectivity index (χ0v) is 14.9. The Morgan fingerprint density at radius 2 is 1.85 bits per heavy atom. The molecule has 2 aliphatic rings. The van der Waals surface area contributed by atoms with Crippen molar-refractivity contribution in [3.63, 3.8) is 0 Å². The summed E-state index contributed by atoms with van der Waals surface area (Å²) in [6.45, 7) is 4.36. The molecule has 0 amide bonds. The lowest BCUT2D eigenvalue weighted by Crippen LogP contribution is -2.22. The van der Waals surface area contributed by atoms with E-state index in [1.54, 1.807) is 12.3 Å². The number of likely N-dealkylation sites (N-methyl/N-ethyl adjacent to an activating group) is 1. The number of pyridine rings is 1. The highest BCUT2D eigenvalue weighted by atomic mass is 16.7. The van der Waals surface area contributed by atoms with Crippen LogP contribution in [0.5, 0.6) is 0 Å². The van der Waals surface area contributed by atoms with E-state index in [9.17, 15) is 4.79 Å². The summed E-state index contributed by atoms with van der Waals surface area (Å²) >= 11 is 0. The number of hydrogen-bond donors (Lipinski definition) is 0. The molecule has 130 valence electrons. The highest BCUT2D eigenvalue weighted by Crippen LogP contribution is 2.46. The van der Waals surface area contributed by atoms with Crippen molar-refractivity contribution in [1.29, 1.82) is 0 Å². The van der Waals surface area contributed by atoms with Crippen LogP contribution in [0.3, 0.4) is 0 Å². The number of oxime groups is 1. The molecule has 0 N–H and O–H groups in total. The molecule has 0 radical (unpaired) electrons. The van der Waals surface area contributed by atoms with Crippen molar-refractivity contribution in [1.82, 2.24) is 4.98 Å². The van der Waals surface area contributed by atoms with E-state index in [2.05, 4.69) is 47.1 Å². The first-order chi connectivity index (χ1) is 12.5. The van der Waals surface area contributed by atoms with Gasteiger partial charge in [-0.3, -0.25) is 4.98 Å². The lowest BCUT2D eigenvalue weighted by Gasteiger charge is -2.23. The maximum atomic E-state index is 12.1. The zero-order chi connectivity index (χ0) is 18.3. The molecule has 1 aromatic carbocycles. The van der Waals surface area contributed by atoms with Crippen molar-refractivity contribution in [2.45, 2.75) is 19.3 Å². The first-order valence-electron chi connectivity index (χ1n) is 8.47. The molecule has 0 spiro atoms. The summed E-state index contributed by atoms with van der Waals surface area (Å²) in [6.07, 6.45) is 5.42. The van der Waals surface area contributed by atoms with Gasteiger partial charge in [-0.2, -0.15) is 0 Å². The summed E-state index contributed by atoms with van der Waals surface area (Å²) in [7, 11) is 2.04. The van der Waals surface area contributed by atoms with Gasteiger partial charge in [0.25, 0.3) is 0 Å². The van der Waals surface area contributed by atoms with Gasteiger partial charge in [-0.15, -0.1) is 0 Å². The van der Waals surface area contributed by atoms with E-state index in [-0.39, 0.29) is 5.41 Å². The molecule has 5 heteroatoms. The molecule has 2 aliphatic heterocycles. The predicted octanol–water partition coefficient (Wildman–Crippen LogP) is 3.58. The first kappa shape index (κ1) is 16.3. The Hall–Kier alpha value is -3.21. The summed E-state index contributed by atoms with van der Waals surface area (Å²) in [5.41, 5.74) is 4.87. The summed E-state index contributed by atoms with van der Waals surface area (Å²) in [6, 6.07) is 13.8. The van der Waals surface area contributed by atoms with Crippen molar-refractivity contribution in [2.75, 3.05) is 11.9 Å². The number of nitrogens with zero attached hydrogens (tertiary/aromatic N) is 3. The van der Waals surface area contributed by atoms with Gasteiger partial charge in [0.1, 0.15) is 5.71 Å². The van der Waals surface area contributed by atoms with Gasteiger partial charge in [0, 0.05) is 30.0 Å². The standard InChI is InChI=1S/C21H19N3O2/c1-21(2)15-8-4-5-10-17(15)24(3)18(21)12-11-14-19(23-26-20(14)25)16-9-6-7-13-22-16/h4-13H,1-3H3/b14-11+,18-12-.